The Morgan fingerprint density at radius 2 is 1.24 bits per heavy atom. The summed E-state index contributed by atoms with van der Waals surface area (Å²) in [5.74, 6) is 0.0852. The summed E-state index contributed by atoms with van der Waals surface area (Å²) in [5.41, 5.74) is 2.46. The van der Waals surface area contributed by atoms with E-state index in [9.17, 15) is 4.79 Å². The first kappa shape index (κ1) is 22.1. The highest BCUT2D eigenvalue weighted by atomic mass is 28.4. The molecule has 0 atom stereocenters. The highest BCUT2D eigenvalue weighted by Gasteiger charge is 2.37. The van der Waals surface area contributed by atoms with E-state index >= 15 is 0 Å². The van der Waals surface area contributed by atoms with Crippen molar-refractivity contribution in [2.75, 3.05) is 0 Å². The van der Waals surface area contributed by atoms with Crippen molar-refractivity contribution in [1.82, 2.24) is 4.34 Å². The van der Waals surface area contributed by atoms with Gasteiger partial charge in [-0.3, -0.25) is 4.79 Å². The maximum atomic E-state index is 13.2. The van der Waals surface area contributed by atoms with Gasteiger partial charge in [-0.25, -0.2) is 0 Å². The Labute approximate surface area is 157 Å². The number of carbonyl (C=O) groups excluding carboxylic acids is 1. The van der Waals surface area contributed by atoms with E-state index in [0.29, 0.717) is 5.71 Å². The maximum absolute atomic E-state index is 13.2. The summed E-state index contributed by atoms with van der Waals surface area (Å²) in [4.78, 5) is 13.2. The first-order valence-electron chi connectivity index (χ1n) is 9.23. The van der Waals surface area contributed by atoms with Gasteiger partial charge in [0.2, 0.25) is 5.78 Å². The number of rotatable bonds is 3. The quantitative estimate of drug-likeness (QED) is 0.351. The second-order valence-corrected chi connectivity index (χ2v) is 21.1. The van der Waals surface area contributed by atoms with E-state index in [1.54, 1.807) is 0 Å². The largest absolute Gasteiger partial charge is 0.349 e. The van der Waals surface area contributed by atoms with Gasteiger partial charge >= 0.3 is 0 Å². The molecule has 3 nitrogen and oxygen atoms in total. The van der Waals surface area contributed by atoms with E-state index in [4.69, 9.17) is 5.10 Å². The molecule has 0 bridgehead atoms. The number of hydrazone groups is 1. The summed E-state index contributed by atoms with van der Waals surface area (Å²) in [6.45, 7) is 26.7. The zero-order valence-electron chi connectivity index (χ0n) is 18.5. The van der Waals surface area contributed by atoms with Gasteiger partial charge in [0.1, 0.15) is 5.71 Å². The van der Waals surface area contributed by atoms with E-state index in [1.807, 2.05) is 6.08 Å². The molecule has 0 fully saturated rings. The topological polar surface area (TPSA) is 32.7 Å². The van der Waals surface area contributed by atoms with E-state index in [-0.39, 0.29) is 16.6 Å². The van der Waals surface area contributed by atoms with Crippen LogP contribution in [-0.2, 0) is 4.79 Å². The van der Waals surface area contributed by atoms with Crippen LogP contribution < -0.4 is 0 Å². The van der Waals surface area contributed by atoms with Crippen molar-refractivity contribution < 1.29 is 4.79 Å². The van der Waals surface area contributed by atoms with Crippen molar-refractivity contribution in [3.05, 3.63) is 23.3 Å². The second-order valence-electron chi connectivity index (χ2n) is 11.1. The molecule has 0 saturated carbocycles. The Bertz CT molecular complexity index is 617. The molecule has 0 unspecified atom stereocenters. The summed E-state index contributed by atoms with van der Waals surface area (Å²) in [6, 6.07) is 0. The number of hydrogen-bond donors (Lipinski definition) is 0. The Kier molecular flexibility index (Phi) is 5.88. The zero-order chi connectivity index (χ0) is 20.0. The number of Topliss-reactive ketones (excluding diaryl/α,β-unsaturated/α-hetero) is 1. The monoisotopic (exact) mass is 378 g/mol. The van der Waals surface area contributed by atoms with Crippen molar-refractivity contribution in [1.29, 1.82) is 0 Å². The standard InChI is InChI=1S/C20H38N2OSi2/c1-19(2,3)15-13-16(20(4,5)6)18(23)17(14-15)21-22(24(7,8)9)25(10,11)12/h13-14H,1-12H3. The molecule has 0 heterocycles. The lowest BCUT2D eigenvalue weighted by atomic mass is 9.74. The number of hydrogen-bond acceptors (Lipinski definition) is 3. The van der Waals surface area contributed by atoms with Crippen molar-refractivity contribution in [3.63, 3.8) is 0 Å². The van der Waals surface area contributed by atoms with Crippen LogP contribution in [0.15, 0.2) is 28.4 Å². The molecule has 0 aromatic heterocycles. The predicted octanol–water partition coefficient (Wildman–Crippen LogP) is 5.84. The van der Waals surface area contributed by atoms with Crippen LogP contribution in [0.5, 0.6) is 0 Å². The van der Waals surface area contributed by atoms with Crippen LogP contribution in [0.3, 0.4) is 0 Å². The van der Waals surface area contributed by atoms with Crippen molar-refractivity contribution in [2.24, 2.45) is 15.9 Å². The van der Waals surface area contributed by atoms with Gasteiger partial charge in [0.25, 0.3) is 0 Å². The minimum absolute atomic E-state index is 0.0128. The van der Waals surface area contributed by atoms with Crippen LogP contribution in [0.25, 0.3) is 0 Å². The predicted molar refractivity (Wildman–Crippen MR) is 116 cm³/mol. The Balaban J connectivity index is 3.60. The Morgan fingerprint density at radius 1 is 0.800 bits per heavy atom. The van der Waals surface area contributed by atoms with Gasteiger partial charge in [0.15, 0.2) is 16.5 Å². The normalized spacial score (nSPS) is 19.0. The summed E-state index contributed by atoms with van der Waals surface area (Å²) in [5, 5.41) is 4.99. The molecule has 0 aromatic carbocycles. The highest BCUT2D eigenvalue weighted by Crippen LogP contribution is 2.36. The number of allylic oxidation sites excluding steroid dienone is 4. The van der Waals surface area contributed by atoms with E-state index in [2.05, 4.69) is 91.2 Å². The lowest BCUT2D eigenvalue weighted by molar-refractivity contribution is -0.110. The zero-order valence-corrected chi connectivity index (χ0v) is 20.5. The molecule has 5 heteroatoms. The molecular formula is C20H38N2OSi2. The molecule has 0 aliphatic heterocycles. The Hall–Kier alpha value is -0.946. The molecule has 0 aromatic rings. The average molecular weight is 379 g/mol. The second kappa shape index (κ2) is 6.65. The van der Waals surface area contributed by atoms with Gasteiger partial charge in [0, 0.05) is 5.57 Å². The van der Waals surface area contributed by atoms with Crippen LogP contribution in [0.1, 0.15) is 41.5 Å². The number of ketones is 1. The summed E-state index contributed by atoms with van der Waals surface area (Å²) >= 11 is 0. The molecule has 25 heavy (non-hydrogen) atoms. The molecule has 1 aliphatic rings. The average Bonchev–Trinajstić information content (AvgIpc) is 2.31. The van der Waals surface area contributed by atoms with Gasteiger partial charge in [-0.15, -0.1) is 0 Å². The van der Waals surface area contributed by atoms with Crippen molar-refractivity contribution in [2.45, 2.75) is 80.8 Å². The smallest absolute Gasteiger partial charge is 0.209 e. The maximum Gasteiger partial charge on any atom is 0.209 e. The van der Waals surface area contributed by atoms with Crippen LogP contribution >= 0.6 is 0 Å². The van der Waals surface area contributed by atoms with Gasteiger partial charge < -0.3 is 4.34 Å². The first-order chi connectivity index (χ1) is 10.8. The fourth-order valence-electron chi connectivity index (χ4n) is 3.09. The van der Waals surface area contributed by atoms with E-state index in [0.717, 1.165) is 5.57 Å². The number of nitrogens with zero attached hydrogens (tertiary/aromatic N) is 2. The van der Waals surface area contributed by atoms with Gasteiger partial charge in [-0.1, -0.05) is 86.9 Å². The lowest BCUT2D eigenvalue weighted by Gasteiger charge is -2.42. The SMILES string of the molecule is CC(C)(C)C1=CC(=NN([Si](C)(C)C)[Si](C)(C)C)C(=O)C(C(C)(C)C)=C1. The third kappa shape index (κ3) is 5.51. The molecule has 0 spiro atoms. The highest BCUT2D eigenvalue weighted by molar-refractivity contribution is 6.89. The summed E-state index contributed by atoms with van der Waals surface area (Å²) < 4.78 is 2.33. The van der Waals surface area contributed by atoms with Gasteiger partial charge in [-0.05, 0) is 22.5 Å². The molecule has 0 N–H and O–H groups in total. The van der Waals surface area contributed by atoms with Crippen LogP contribution in [0.2, 0.25) is 39.3 Å². The molecule has 0 radical (unpaired) electrons. The lowest BCUT2D eigenvalue weighted by Crippen LogP contribution is -2.56. The fraction of sp³-hybridized carbons (Fsp3) is 0.700. The van der Waals surface area contributed by atoms with Gasteiger partial charge in [-0.2, -0.15) is 5.10 Å². The molecular weight excluding hydrogens is 340 g/mol. The third-order valence-electron chi connectivity index (χ3n) is 4.22. The molecule has 1 rings (SSSR count). The van der Waals surface area contributed by atoms with Crippen molar-refractivity contribution >= 4 is 28.0 Å². The van der Waals surface area contributed by atoms with E-state index in [1.165, 1.54) is 5.57 Å². The summed E-state index contributed by atoms with van der Waals surface area (Å²) in [7, 11) is -3.33. The molecule has 1 aliphatic carbocycles. The number of carbonyl (C=O) groups is 1. The first-order valence-corrected chi connectivity index (χ1v) is 16.1. The molecule has 0 amide bonds. The van der Waals surface area contributed by atoms with Crippen molar-refractivity contribution in [3.8, 4) is 0 Å². The molecule has 0 saturated heterocycles. The Morgan fingerprint density at radius 3 is 1.56 bits per heavy atom. The summed E-state index contributed by atoms with van der Waals surface area (Å²) in [6.07, 6.45) is 4.11. The minimum atomic E-state index is -1.66. The van der Waals surface area contributed by atoms with E-state index < -0.39 is 16.5 Å². The van der Waals surface area contributed by atoms with Crippen LogP contribution in [0.4, 0.5) is 0 Å². The van der Waals surface area contributed by atoms with Gasteiger partial charge in [0.05, 0.1) is 0 Å². The molecule has 142 valence electrons. The fourth-order valence-corrected chi connectivity index (χ4v) is 12.0. The van der Waals surface area contributed by atoms with Crippen LogP contribution in [0, 0.1) is 10.8 Å². The van der Waals surface area contributed by atoms with Crippen LogP contribution in [-0.4, -0.2) is 32.3 Å². The minimum Gasteiger partial charge on any atom is -0.349 e. The third-order valence-corrected chi connectivity index (χ3v) is 11.0.